The number of anilines is 1. The molecular formula is C25H30F2IN7O2. The molecule has 1 aromatic carbocycles. The van der Waals surface area contributed by atoms with Crippen molar-refractivity contribution in [2.45, 2.75) is 24.8 Å². The van der Waals surface area contributed by atoms with Crippen LogP contribution in [-0.4, -0.2) is 101 Å². The van der Waals surface area contributed by atoms with Crippen LogP contribution in [0.15, 0.2) is 30.5 Å². The Kier molecular flexibility index (Phi) is 8.76. The molecule has 1 N–H and O–H groups in total. The molecule has 2 aliphatic rings. The first kappa shape index (κ1) is 27.4. The van der Waals surface area contributed by atoms with Gasteiger partial charge in [-0.05, 0) is 37.2 Å². The highest BCUT2D eigenvalue weighted by Crippen LogP contribution is 2.31. The predicted molar refractivity (Wildman–Crippen MR) is 145 cm³/mol. The van der Waals surface area contributed by atoms with Crippen LogP contribution in [0.25, 0.3) is 10.9 Å². The molecule has 2 amide bonds. The summed E-state index contributed by atoms with van der Waals surface area (Å²) in [6.45, 7) is 4.90. The average Bonchev–Trinajstić information content (AvgIpc) is 3.22. The number of rotatable bonds is 8. The van der Waals surface area contributed by atoms with E-state index in [-0.39, 0.29) is 0 Å². The fourth-order valence-electron chi connectivity index (χ4n) is 4.72. The van der Waals surface area contributed by atoms with Gasteiger partial charge in [-0.15, -0.1) is 0 Å². The summed E-state index contributed by atoms with van der Waals surface area (Å²) in [6, 6.07) is 7.83. The van der Waals surface area contributed by atoms with Gasteiger partial charge in [0.15, 0.2) is 0 Å². The molecule has 2 aliphatic heterocycles. The zero-order valence-electron chi connectivity index (χ0n) is 20.7. The molecule has 198 valence electrons. The summed E-state index contributed by atoms with van der Waals surface area (Å²) < 4.78 is 29.7. The lowest BCUT2D eigenvalue weighted by molar-refractivity contribution is -0.131. The molecule has 12 heteroatoms. The number of hydrogen-bond acceptors (Lipinski definition) is 7. The number of alkyl halides is 2. The van der Waals surface area contributed by atoms with Gasteiger partial charge in [0.2, 0.25) is 5.91 Å². The molecule has 0 radical (unpaired) electrons. The van der Waals surface area contributed by atoms with Crippen LogP contribution < -0.4 is 10.2 Å². The second-order valence-electron chi connectivity index (χ2n) is 9.50. The lowest BCUT2D eigenvalue weighted by Gasteiger charge is -2.31. The summed E-state index contributed by atoms with van der Waals surface area (Å²) in [5.74, 6) is -4.32. The van der Waals surface area contributed by atoms with E-state index in [0.717, 1.165) is 56.3 Å². The Morgan fingerprint density at radius 1 is 1.27 bits per heavy atom. The van der Waals surface area contributed by atoms with Crippen molar-refractivity contribution in [3.05, 3.63) is 36.0 Å². The first-order valence-electron chi connectivity index (χ1n) is 12.2. The van der Waals surface area contributed by atoms with Gasteiger partial charge in [-0.1, -0.05) is 0 Å². The van der Waals surface area contributed by atoms with Crippen molar-refractivity contribution in [2.75, 3.05) is 64.3 Å². The van der Waals surface area contributed by atoms with E-state index in [0.29, 0.717) is 16.5 Å². The highest BCUT2D eigenvalue weighted by Gasteiger charge is 2.47. The van der Waals surface area contributed by atoms with Gasteiger partial charge in [0.1, 0.15) is 6.04 Å². The monoisotopic (exact) mass is 625 g/mol. The number of carbonyl (C=O) groups excluding carboxylic acids is 2. The van der Waals surface area contributed by atoms with Crippen molar-refractivity contribution >= 4 is 51.3 Å². The number of pyridine rings is 1. The van der Waals surface area contributed by atoms with Crippen molar-refractivity contribution in [2.24, 2.45) is 0 Å². The van der Waals surface area contributed by atoms with Gasteiger partial charge in [0.25, 0.3) is 11.8 Å². The van der Waals surface area contributed by atoms with E-state index in [4.69, 9.17) is 5.26 Å². The Labute approximate surface area is 228 Å². The Morgan fingerprint density at radius 2 is 2.03 bits per heavy atom. The number of nitrogens with zero attached hydrogens (tertiary/aromatic N) is 6. The second-order valence-corrected chi connectivity index (χ2v) is 10.9. The van der Waals surface area contributed by atoms with Gasteiger partial charge < -0.3 is 20.0 Å². The molecule has 3 heterocycles. The molecule has 1 atom stereocenters. The SMILES string of the molecule is CN(CCCN1CCN(I)CC1)c1ccc2nccc(C(=O)NCC(=O)N3CC(F)(F)C[C@H]3C#N)c2c1. The van der Waals surface area contributed by atoms with Crippen LogP contribution in [0.5, 0.6) is 0 Å². The molecule has 2 fully saturated rings. The summed E-state index contributed by atoms with van der Waals surface area (Å²) in [5, 5.41) is 12.3. The molecule has 0 spiro atoms. The summed E-state index contributed by atoms with van der Waals surface area (Å²) in [5.41, 5.74) is 1.92. The van der Waals surface area contributed by atoms with Crippen molar-refractivity contribution in [3.8, 4) is 6.07 Å². The van der Waals surface area contributed by atoms with E-state index in [9.17, 15) is 18.4 Å². The number of nitriles is 1. The van der Waals surface area contributed by atoms with Crippen LogP contribution in [0.3, 0.4) is 0 Å². The average molecular weight is 625 g/mol. The lowest BCUT2D eigenvalue weighted by Crippen LogP contribution is -2.43. The molecule has 4 rings (SSSR count). The Balaban J connectivity index is 1.38. The molecule has 1 aromatic heterocycles. The minimum atomic E-state index is -3.10. The molecule has 2 saturated heterocycles. The van der Waals surface area contributed by atoms with E-state index >= 15 is 0 Å². The molecule has 2 aromatic rings. The number of nitrogens with one attached hydrogen (secondary N) is 1. The maximum absolute atomic E-state index is 13.7. The zero-order chi connectivity index (χ0) is 26.6. The Hall–Kier alpha value is -2.63. The highest BCUT2D eigenvalue weighted by molar-refractivity contribution is 14.1. The standard InChI is InChI=1S/C25H30F2IN7O2/c1-32(7-2-8-33-9-11-34(28)12-10-33)18-3-4-22-21(13-18)20(5-6-30-22)24(37)31-16-23(36)35-17-25(26,27)14-19(35)15-29/h3-6,13,19H,2,7-12,14,16-17H2,1H3,(H,31,37)/t19-/m0/s1. The van der Waals surface area contributed by atoms with Crippen LogP contribution in [-0.2, 0) is 4.79 Å². The molecule has 0 saturated carbocycles. The van der Waals surface area contributed by atoms with Crippen LogP contribution >= 0.6 is 22.9 Å². The maximum atomic E-state index is 13.7. The normalized spacial score (nSPS) is 20.1. The number of fused-ring (bicyclic) bond motifs is 1. The van der Waals surface area contributed by atoms with Gasteiger partial charge in [-0.25, -0.2) is 11.9 Å². The molecule has 0 bridgehead atoms. The number of benzene rings is 1. The van der Waals surface area contributed by atoms with Gasteiger partial charge >= 0.3 is 0 Å². The number of halogens is 3. The van der Waals surface area contributed by atoms with Crippen LogP contribution in [0.4, 0.5) is 14.5 Å². The minimum Gasteiger partial charge on any atom is -0.375 e. The second kappa shape index (κ2) is 11.8. The number of likely N-dealkylation sites (tertiary alicyclic amines) is 1. The number of piperazine rings is 1. The highest BCUT2D eigenvalue weighted by atomic mass is 127. The summed E-state index contributed by atoms with van der Waals surface area (Å²) in [7, 11) is 2.01. The third-order valence-corrected chi connectivity index (χ3v) is 7.80. The minimum absolute atomic E-state index is 0.341. The zero-order valence-corrected chi connectivity index (χ0v) is 22.8. The van der Waals surface area contributed by atoms with E-state index < -0.39 is 43.3 Å². The Morgan fingerprint density at radius 3 is 2.76 bits per heavy atom. The first-order valence-corrected chi connectivity index (χ1v) is 13.2. The van der Waals surface area contributed by atoms with Crippen molar-refractivity contribution in [3.63, 3.8) is 0 Å². The molecular weight excluding hydrogens is 595 g/mol. The molecule has 0 unspecified atom stereocenters. The van der Waals surface area contributed by atoms with Gasteiger partial charge in [0.05, 0.1) is 30.2 Å². The molecule has 9 nitrogen and oxygen atoms in total. The van der Waals surface area contributed by atoms with Crippen molar-refractivity contribution < 1.29 is 18.4 Å². The van der Waals surface area contributed by atoms with E-state index in [1.807, 2.05) is 25.2 Å². The predicted octanol–water partition coefficient (Wildman–Crippen LogP) is 2.52. The van der Waals surface area contributed by atoms with Gasteiger partial charge in [-0.3, -0.25) is 14.6 Å². The smallest absolute Gasteiger partial charge is 0.268 e. The largest absolute Gasteiger partial charge is 0.375 e. The number of amides is 2. The van der Waals surface area contributed by atoms with Gasteiger partial charge in [-0.2, -0.15) is 5.26 Å². The van der Waals surface area contributed by atoms with E-state index in [1.54, 1.807) is 12.1 Å². The third kappa shape index (κ3) is 6.82. The third-order valence-electron chi connectivity index (χ3n) is 6.84. The fourth-order valence-corrected chi connectivity index (χ4v) is 5.16. The molecule has 37 heavy (non-hydrogen) atoms. The van der Waals surface area contributed by atoms with E-state index in [1.165, 1.54) is 6.20 Å². The van der Waals surface area contributed by atoms with Crippen molar-refractivity contribution in [1.29, 1.82) is 5.26 Å². The summed E-state index contributed by atoms with van der Waals surface area (Å²) >= 11 is 2.36. The number of carbonyl (C=O) groups is 2. The van der Waals surface area contributed by atoms with Crippen LogP contribution in [0.2, 0.25) is 0 Å². The lowest BCUT2D eigenvalue weighted by atomic mass is 10.1. The first-order chi connectivity index (χ1) is 17.7. The van der Waals surface area contributed by atoms with Gasteiger partial charge in [0, 0.05) is 86.3 Å². The number of aromatic nitrogens is 1. The van der Waals surface area contributed by atoms with Crippen LogP contribution in [0.1, 0.15) is 23.2 Å². The van der Waals surface area contributed by atoms with Crippen LogP contribution in [0, 0.1) is 11.3 Å². The topological polar surface area (TPSA) is 95.8 Å². The summed E-state index contributed by atoms with van der Waals surface area (Å²) in [4.78, 5) is 35.2. The van der Waals surface area contributed by atoms with E-state index in [2.05, 4.69) is 46.1 Å². The van der Waals surface area contributed by atoms with Crippen molar-refractivity contribution in [1.82, 2.24) is 23.2 Å². The Bertz CT molecular complexity index is 1180. The fraction of sp³-hybridized carbons (Fsp3) is 0.520. The number of hydrogen-bond donors (Lipinski definition) is 1. The maximum Gasteiger partial charge on any atom is 0.268 e. The quantitative estimate of drug-likeness (QED) is 0.356. The molecule has 0 aliphatic carbocycles. The summed E-state index contributed by atoms with van der Waals surface area (Å²) in [6.07, 6.45) is 1.84.